The molecule has 1 aliphatic rings. The number of thioether (sulfide) groups is 1. The summed E-state index contributed by atoms with van der Waals surface area (Å²) in [5, 5.41) is 3.10. The molecule has 1 N–H and O–H groups in total. The van der Waals surface area contributed by atoms with Crippen molar-refractivity contribution in [3.8, 4) is 0 Å². The van der Waals surface area contributed by atoms with Crippen molar-refractivity contribution in [2.75, 3.05) is 29.9 Å². The molecule has 154 valence electrons. The SMILES string of the molecule is CCC(C)C(C(=O)Nc1ccc(C(=O)N2CCSCC2)cc1C)c1ccccc1. The number of benzene rings is 2. The van der Waals surface area contributed by atoms with Gasteiger partial charge in [-0.05, 0) is 42.2 Å². The normalized spacial score (nSPS) is 16.2. The van der Waals surface area contributed by atoms with Gasteiger partial charge in [-0.25, -0.2) is 0 Å². The second kappa shape index (κ2) is 9.97. The molecule has 2 unspecified atom stereocenters. The largest absolute Gasteiger partial charge is 0.337 e. The van der Waals surface area contributed by atoms with E-state index in [4.69, 9.17) is 0 Å². The summed E-state index contributed by atoms with van der Waals surface area (Å²) >= 11 is 1.89. The van der Waals surface area contributed by atoms with Gasteiger partial charge in [0.05, 0.1) is 5.92 Å². The van der Waals surface area contributed by atoms with Gasteiger partial charge in [-0.1, -0.05) is 50.6 Å². The maximum atomic E-state index is 13.1. The zero-order chi connectivity index (χ0) is 20.8. The standard InChI is InChI=1S/C24H30N2O2S/c1-4-17(2)22(19-8-6-5-7-9-19)23(27)25-21-11-10-20(16-18(21)3)24(28)26-12-14-29-15-13-26/h5-11,16-17,22H,4,12-15H2,1-3H3,(H,25,27). The van der Waals surface area contributed by atoms with Crippen LogP contribution in [0.15, 0.2) is 48.5 Å². The maximum Gasteiger partial charge on any atom is 0.253 e. The quantitative estimate of drug-likeness (QED) is 0.733. The van der Waals surface area contributed by atoms with Gasteiger partial charge >= 0.3 is 0 Å². The van der Waals surface area contributed by atoms with Gasteiger partial charge in [0, 0.05) is 35.8 Å². The lowest BCUT2D eigenvalue weighted by molar-refractivity contribution is -0.118. The second-order valence-corrected chi connectivity index (χ2v) is 8.92. The Morgan fingerprint density at radius 2 is 1.79 bits per heavy atom. The molecule has 2 aromatic carbocycles. The van der Waals surface area contributed by atoms with Gasteiger partial charge in [-0.2, -0.15) is 11.8 Å². The maximum absolute atomic E-state index is 13.1. The van der Waals surface area contributed by atoms with E-state index in [1.807, 2.05) is 72.1 Å². The summed E-state index contributed by atoms with van der Waals surface area (Å²) < 4.78 is 0. The van der Waals surface area contributed by atoms with Crippen molar-refractivity contribution in [1.82, 2.24) is 4.90 Å². The fraction of sp³-hybridized carbons (Fsp3) is 0.417. The molecule has 1 fully saturated rings. The molecule has 0 radical (unpaired) electrons. The molecule has 1 heterocycles. The summed E-state index contributed by atoms with van der Waals surface area (Å²) in [7, 11) is 0. The van der Waals surface area contributed by atoms with Crippen molar-refractivity contribution in [2.24, 2.45) is 5.92 Å². The van der Waals surface area contributed by atoms with Crippen LogP contribution < -0.4 is 5.32 Å². The van der Waals surface area contributed by atoms with Gasteiger partial charge < -0.3 is 10.2 Å². The van der Waals surface area contributed by atoms with Crippen LogP contribution in [0.2, 0.25) is 0 Å². The van der Waals surface area contributed by atoms with E-state index in [0.717, 1.165) is 47.8 Å². The number of amides is 2. The lowest BCUT2D eigenvalue weighted by atomic mass is 9.85. The van der Waals surface area contributed by atoms with Crippen LogP contribution in [0.1, 0.15) is 47.7 Å². The minimum Gasteiger partial charge on any atom is -0.337 e. The number of hydrogen-bond donors (Lipinski definition) is 1. The fourth-order valence-corrected chi connectivity index (χ4v) is 4.63. The van der Waals surface area contributed by atoms with Gasteiger partial charge in [-0.3, -0.25) is 9.59 Å². The summed E-state index contributed by atoms with van der Waals surface area (Å²) in [5.74, 6) is 2.10. The third-order valence-electron chi connectivity index (χ3n) is 5.68. The van der Waals surface area contributed by atoms with Crippen molar-refractivity contribution in [3.63, 3.8) is 0 Å². The predicted molar refractivity (Wildman–Crippen MR) is 122 cm³/mol. The lowest BCUT2D eigenvalue weighted by Crippen LogP contribution is -2.37. The zero-order valence-electron chi connectivity index (χ0n) is 17.5. The summed E-state index contributed by atoms with van der Waals surface area (Å²) in [4.78, 5) is 27.8. The van der Waals surface area contributed by atoms with Crippen molar-refractivity contribution in [1.29, 1.82) is 0 Å². The third kappa shape index (κ3) is 5.21. The Kier molecular flexibility index (Phi) is 7.37. The Labute approximate surface area is 178 Å². The van der Waals surface area contributed by atoms with Gasteiger partial charge in [0.15, 0.2) is 0 Å². The number of nitrogens with zero attached hydrogens (tertiary/aromatic N) is 1. The second-order valence-electron chi connectivity index (χ2n) is 7.70. The van der Waals surface area contributed by atoms with Crippen LogP contribution in [-0.2, 0) is 4.79 Å². The molecule has 29 heavy (non-hydrogen) atoms. The van der Waals surface area contributed by atoms with E-state index in [-0.39, 0.29) is 23.7 Å². The van der Waals surface area contributed by atoms with Crippen LogP contribution in [0.5, 0.6) is 0 Å². The molecule has 3 rings (SSSR count). The topological polar surface area (TPSA) is 49.4 Å². The van der Waals surface area contributed by atoms with E-state index in [1.54, 1.807) is 0 Å². The van der Waals surface area contributed by atoms with E-state index < -0.39 is 0 Å². The number of rotatable bonds is 6. The van der Waals surface area contributed by atoms with Crippen LogP contribution in [0, 0.1) is 12.8 Å². The molecule has 1 saturated heterocycles. The highest BCUT2D eigenvalue weighted by Gasteiger charge is 2.26. The molecule has 0 aliphatic carbocycles. The van der Waals surface area contributed by atoms with Crippen molar-refractivity contribution in [2.45, 2.75) is 33.1 Å². The number of anilines is 1. The number of hydrogen-bond acceptors (Lipinski definition) is 3. The average Bonchev–Trinajstić information content (AvgIpc) is 2.76. The number of carbonyl (C=O) groups is 2. The smallest absolute Gasteiger partial charge is 0.253 e. The van der Waals surface area contributed by atoms with Crippen molar-refractivity contribution >= 4 is 29.3 Å². The van der Waals surface area contributed by atoms with Crippen LogP contribution in [0.4, 0.5) is 5.69 Å². The van der Waals surface area contributed by atoms with E-state index in [0.29, 0.717) is 5.56 Å². The van der Waals surface area contributed by atoms with Gasteiger partial charge in [0.1, 0.15) is 0 Å². The van der Waals surface area contributed by atoms with Gasteiger partial charge in [0.25, 0.3) is 5.91 Å². The lowest BCUT2D eigenvalue weighted by Gasteiger charge is -2.27. The Morgan fingerprint density at radius 3 is 2.41 bits per heavy atom. The number of aryl methyl sites for hydroxylation is 1. The van der Waals surface area contributed by atoms with Gasteiger partial charge in [0.2, 0.25) is 5.91 Å². The molecule has 0 saturated carbocycles. The Bertz CT molecular complexity index is 847. The molecule has 2 aromatic rings. The Hall–Kier alpha value is -2.27. The molecule has 4 nitrogen and oxygen atoms in total. The molecule has 0 aromatic heterocycles. The van der Waals surface area contributed by atoms with Crippen LogP contribution in [0.3, 0.4) is 0 Å². The Balaban J connectivity index is 1.76. The minimum atomic E-state index is -0.201. The van der Waals surface area contributed by atoms with Gasteiger partial charge in [-0.15, -0.1) is 0 Å². The zero-order valence-corrected chi connectivity index (χ0v) is 18.3. The molecule has 0 spiro atoms. The predicted octanol–water partition coefficient (Wildman–Crippen LogP) is 4.95. The highest BCUT2D eigenvalue weighted by molar-refractivity contribution is 7.99. The molecule has 0 bridgehead atoms. The van der Waals surface area contributed by atoms with E-state index in [1.165, 1.54) is 0 Å². The molecule has 2 amide bonds. The molecule has 5 heteroatoms. The monoisotopic (exact) mass is 410 g/mol. The first-order valence-electron chi connectivity index (χ1n) is 10.3. The first-order chi connectivity index (χ1) is 14.0. The third-order valence-corrected chi connectivity index (χ3v) is 6.63. The molecular weight excluding hydrogens is 380 g/mol. The highest BCUT2D eigenvalue weighted by atomic mass is 32.2. The fourth-order valence-electron chi connectivity index (χ4n) is 3.73. The van der Waals surface area contributed by atoms with Crippen molar-refractivity contribution in [3.05, 3.63) is 65.2 Å². The summed E-state index contributed by atoms with van der Waals surface area (Å²) in [6, 6.07) is 15.5. The highest BCUT2D eigenvalue weighted by Crippen LogP contribution is 2.29. The molecule has 1 aliphatic heterocycles. The summed E-state index contributed by atoms with van der Waals surface area (Å²) in [6.45, 7) is 7.77. The average molecular weight is 411 g/mol. The number of carbonyl (C=O) groups excluding carboxylic acids is 2. The molecule has 2 atom stereocenters. The van der Waals surface area contributed by atoms with E-state index >= 15 is 0 Å². The van der Waals surface area contributed by atoms with E-state index in [2.05, 4.69) is 19.2 Å². The minimum absolute atomic E-state index is 0.000724. The number of nitrogens with one attached hydrogen (secondary N) is 1. The summed E-state index contributed by atoms with van der Waals surface area (Å²) in [6.07, 6.45) is 0.924. The first-order valence-corrected chi connectivity index (χ1v) is 11.5. The Morgan fingerprint density at radius 1 is 1.10 bits per heavy atom. The van der Waals surface area contributed by atoms with Crippen molar-refractivity contribution < 1.29 is 9.59 Å². The first kappa shape index (κ1) is 21.4. The van der Waals surface area contributed by atoms with E-state index in [9.17, 15) is 9.59 Å². The summed E-state index contributed by atoms with van der Waals surface area (Å²) in [5.41, 5.74) is 3.40. The van der Waals surface area contributed by atoms with Crippen LogP contribution in [-0.4, -0.2) is 41.3 Å². The van der Waals surface area contributed by atoms with Crippen LogP contribution >= 0.6 is 11.8 Å². The van der Waals surface area contributed by atoms with Crippen LogP contribution in [0.25, 0.3) is 0 Å². The molecular formula is C24H30N2O2S.